The number of anilines is 2. The van der Waals surface area contributed by atoms with Crippen LogP contribution in [-0.2, 0) is 4.74 Å². The molecule has 1 aliphatic rings. The summed E-state index contributed by atoms with van der Waals surface area (Å²) in [6.07, 6.45) is 6.04. The molecule has 1 aliphatic heterocycles. The van der Waals surface area contributed by atoms with Crippen LogP contribution in [0.1, 0.15) is 19.8 Å². The van der Waals surface area contributed by atoms with E-state index in [0.717, 1.165) is 35.6 Å². The molecule has 2 aromatic heterocycles. The summed E-state index contributed by atoms with van der Waals surface area (Å²) < 4.78 is 9.99. The van der Waals surface area contributed by atoms with Crippen molar-refractivity contribution in [3.05, 3.63) is 24.5 Å². The molecule has 2 atom stereocenters. The standard InChI is InChI=1S/C14H18N4OS/c1-9(11-3-2-8-19-11)17-14-12(13(15)18-20-14)10-4-6-16-7-5-10/h4-7,9,11,17H,2-3,8H2,1H3,(H2,15,18). The minimum atomic E-state index is 0.248. The van der Waals surface area contributed by atoms with Gasteiger partial charge in [-0.25, -0.2) is 0 Å². The lowest BCUT2D eigenvalue weighted by Crippen LogP contribution is -2.29. The van der Waals surface area contributed by atoms with Gasteiger partial charge in [0.05, 0.1) is 17.7 Å². The Morgan fingerprint density at radius 3 is 2.95 bits per heavy atom. The highest BCUT2D eigenvalue weighted by Crippen LogP contribution is 2.37. The molecule has 3 heterocycles. The third-order valence-corrected chi connectivity index (χ3v) is 4.36. The van der Waals surface area contributed by atoms with Gasteiger partial charge in [0.25, 0.3) is 0 Å². The Hall–Kier alpha value is -1.66. The predicted octanol–water partition coefficient (Wildman–Crippen LogP) is 2.77. The van der Waals surface area contributed by atoms with Crippen molar-refractivity contribution in [1.82, 2.24) is 9.36 Å². The summed E-state index contributed by atoms with van der Waals surface area (Å²) in [5, 5.41) is 4.50. The lowest BCUT2D eigenvalue weighted by Gasteiger charge is -2.20. The SMILES string of the molecule is CC(Nc1snc(N)c1-c1ccncc1)C1CCCO1. The lowest BCUT2D eigenvalue weighted by molar-refractivity contribution is 0.0997. The summed E-state index contributed by atoms with van der Waals surface area (Å²) in [5.74, 6) is 0.559. The highest BCUT2D eigenvalue weighted by molar-refractivity contribution is 7.11. The van der Waals surface area contributed by atoms with E-state index in [4.69, 9.17) is 10.5 Å². The van der Waals surface area contributed by atoms with Gasteiger partial charge >= 0.3 is 0 Å². The average Bonchev–Trinajstić information content (AvgIpc) is 3.10. The molecule has 0 bridgehead atoms. The Bertz CT molecular complexity index is 566. The van der Waals surface area contributed by atoms with E-state index in [2.05, 4.69) is 21.6 Å². The zero-order valence-electron chi connectivity index (χ0n) is 11.4. The number of rotatable bonds is 4. The normalized spacial score (nSPS) is 19.9. The van der Waals surface area contributed by atoms with Gasteiger partial charge in [-0.15, -0.1) is 0 Å². The van der Waals surface area contributed by atoms with Crippen molar-refractivity contribution in [1.29, 1.82) is 0 Å². The zero-order valence-corrected chi connectivity index (χ0v) is 12.2. The van der Waals surface area contributed by atoms with Crippen LogP contribution in [0.15, 0.2) is 24.5 Å². The molecule has 0 saturated carbocycles. The highest BCUT2D eigenvalue weighted by atomic mass is 32.1. The van der Waals surface area contributed by atoms with Crippen LogP contribution in [0.25, 0.3) is 11.1 Å². The van der Waals surface area contributed by atoms with Crippen LogP contribution < -0.4 is 11.1 Å². The van der Waals surface area contributed by atoms with Crippen molar-refractivity contribution in [2.45, 2.75) is 31.9 Å². The van der Waals surface area contributed by atoms with Crippen molar-refractivity contribution in [2.75, 3.05) is 17.7 Å². The second kappa shape index (κ2) is 5.76. The second-order valence-electron chi connectivity index (χ2n) is 4.99. The van der Waals surface area contributed by atoms with Gasteiger partial charge < -0.3 is 15.8 Å². The maximum Gasteiger partial charge on any atom is 0.147 e. The average molecular weight is 290 g/mol. The minimum Gasteiger partial charge on any atom is -0.382 e. The number of hydrogen-bond donors (Lipinski definition) is 2. The minimum absolute atomic E-state index is 0.248. The van der Waals surface area contributed by atoms with E-state index in [9.17, 15) is 0 Å². The first-order valence-electron chi connectivity index (χ1n) is 6.79. The first-order valence-corrected chi connectivity index (χ1v) is 7.56. The fourth-order valence-electron chi connectivity index (χ4n) is 2.50. The zero-order chi connectivity index (χ0) is 13.9. The van der Waals surface area contributed by atoms with Gasteiger partial charge in [0.2, 0.25) is 0 Å². The van der Waals surface area contributed by atoms with Crippen molar-refractivity contribution in [3.8, 4) is 11.1 Å². The molecule has 2 aromatic rings. The summed E-state index contributed by atoms with van der Waals surface area (Å²) >= 11 is 1.40. The summed E-state index contributed by atoms with van der Waals surface area (Å²) in [6.45, 7) is 3.00. The van der Waals surface area contributed by atoms with Crippen LogP contribution in [0.3, 0.4) is 0 Å². The topological polar surface area (TPSA) is 73.1 Å². The van der Waals surface area contributed by atoms with Crippen LogP contribution in [0, 0.1) is 0 Å². The van der Waals surface area contributed by atoms with Gasteiger partial charge in [0.15, 0.2) is 0 Å². The number of nitrogens with one attached hydrogen (secondary N) is 1. The number of nitrogens with zero attached hydrogens (tertiary/aromatic N) is 2. The third-order valence-electron chi connectivity index (χ3n) is 3.57. The Kier molecular flexibility index (Phi) is 3.84. The van der Waals surface area contributed by atoms with E-state index in [0.29, 0.717) is 5.82 Å². The Balaban J connectivity index is 1.84. The smallest absolute Gasteiger partial charge is 0.147 e. The summed E-state index contributed by atoms with van der Waals surface area (Å²) in [6, 6.07) is 4.14. The van der Waals surface area contributed by atoms with Crippen molar-refractivity contribution in [2.24, 2.45) is 0 Å². The molecule has 0 aliphatic carbocycles. The van der Waals surface area contributed by atoms with Crippen molar-refractivity contribution >= 4 is 22.4 Å². The fourth-order valence-corrected chi connectivity index (χ4v) is 3.33. The molecule has 20 heavy (non-hydrogen) atoms. The number of nitrogens with two attached hydrogens (primary N) is 1. The molecule has 1 saturated heterocycles. The molecule has 3 rings (SSSR count). The lowest BCUT2D eigenvalue weighted by atomic mass is 10.1. The van der Waals surface area contributed by atoms with Gasteiger partial charge in [0, 0.05) is 19.0 Å². The second-order valence-corrected chi connectivity index (χ2v) is 5.77. The van der Waals surface area contributed by atoms with E-state index in [1.807, 2.05) is 12.1 Å². The largest absolute Gasteiger partial charge is 0.382 e. The first-order chi connectivity index (χ1) is 9.75. The highest BCUT2D eigenvalue weighted by Gasteiger charge is 2.24. The van der Waals surface area contributed by atoms with Crippen LogP contribution in [0.5, 0.6) is 0 Å². The van der Waals surface area contributed by atoms with Crippen molar-refractivity contribution < 1.29 is 4.74 Å². The predicted molar refractivity (Wildman–Crippen MR) is 81.8 cm³/mol. The monoisotopic (exact) mass is 290 g/mol. The number of pyridine rings is 1. The van der Waals surface area contributed by atoms with E-state index in [1.54, 1.807) is 12.4 Å². The maximum absolute atomic E-state index is 6.01. The van der Waals surface area contributed by atoms with Crippen LogP contribution in [0.4, 0.5) is 10.8 Å². The van der Waals surface area contributed by atoms with Gasteiger partial charge in [-0.2, -0.15) is 4.37 Å². The Morgan fingerprint density at radius 2 is 2.25 bits per heavy atom. The van der Waals surface area contributed by atoms with Gasteiger partial charge in [-0.05, 0) is 49.0 Å². The summed E-state index contributed by atoms with van der Waals surface area (Å²) in [7, 11) is 0. The molecule has 1 fully saturated rings. The van der Waals surface area contributed by atoms with E-state index in [1.165, 1.54) is 11.5 Å². The molecule has 0 spiro atoms. The van der Waals surface area contributed by atoms with Gasteiger partial charge in [-0.1, -0.05) is 0 Å². The Morgan fingerprint density at radius 1 is 1.45 bits per heavy atom. The number of hydrogen-bond acceptors (Lipinski definition) is 6. The Labute approximate surface area is 122 Å². The first kappa shape index (κ1) is 13.3. The summed E-state index contributed by atoms with van der Waals surface area (Å²) in [4.78, 5) is 4.04. The van der Waals surface area contributed by atoms with Gasteiger partial charge in [0.1, 0.15) is 10.8 Å². The molecule has 0 aromatic carbocycles. The van der Waals surface area contributed by atoms with Crippen LogP contribution >= 0.6 is 11.5 Å². The quantitative estimate of drug-likeness (QED) is 0.905. The van der Waals surface area contributed by atoms with Crippen LogP contribution in [-0.4, -0.2) is 28.1 Å². The molecular formula is C14H18N4OS. The number of aromatic nitrogens is 2. The molecule has 3 N–H and O–H groups in total. The third kappa shape index (κ3) is 2.62. The van der Waals surface area contributed by atoms with Crippen molar-refractivity contribution in [3.63, 3.8) is 0 Å². The molecule has 106 valence electrons. The fraction of sp³-hybridized carbons (Fsp3) is 0.429. The molecular weight excluding hydrogens is 272 g/mol. The number of ether oxygens (including phenoxy) is 1. The molecule has 5 nitrogen and oxygen atoms in total. The molecule has 0 amide bonds. The van der Waals surface area contributed by atoms with Crippen LogP contribution in [0.2, 0.25) is 0 Å². The van der Waals surface area contributed by atoms with Gasteiger partial charge in [-0.3, -0.25) is 4.98 Å². The maximum atomic E-state index is 6.01. The van der Waals surface area contributed by atoms with E-state index in [-0.39, 0.29) is 12.1 Å². The van der Waals surface area contributed by atoms with E-state index < -0.39 is 0 Å². The summed E-state index contributed by atoms with van der Waals surface area (Å²) in [5.41, 5.74) is 8.01. The molecule has 2 unspecified atom stereocenters. The molecule has 6 heteroatoms. The molecule has 0 radical (unpaired) electrons. The number of nitrogen functional groups attached to an aromatic ring is 1. The van der Waals surface area contributed by atoms with E-state index >= 15 is 0 Å².